The summed E-state index contributed by atoms with van der Waals surface area (Å²) in [5.74, 6) is -1.22. The lowest BCUT2D eigenvalue weighted by Gasteiger charge is -2.24. The molecule has 0 aliphatic carbocycles. The Labute approximate surface area is 257 Å². The third-order valence-electron chi connectivity index (χ3n) is 6.21. The Morgan fingerprint density at radius 3 is 0.762 bits per heavy atom. The third-order valence-corrected chi connectivity index (χ3v) is 6.21. The molecule has 42 heavy (non-hydrogen) atoms. The summed E-state index contributed by atoms with van der Waals surface area (Å²) in [7, 11) is 0. The number of carbonyl (C=O) groups is 3. The van der Waals surface area contributed by atoms with Crippen LogP contribution in [0.5, 0.6) is 0 Å². The Balaban J connectivity index is -0.000000230. The van der Waals surface area contributed by atoms with Crippen LogP contribution in [0, 0.1) is 39.4 Å². The van der Waals surface area contributed by atoms with Crippen LogP contribution in [0.3, 0.4) is 0 Å². The van der Waals surface area contributed by atoms with Crippen LogP contribution in [0.1, 0.15) is 135 Å². The lowest BCUT2D eigenvalue weighted by molar-refractivity contribution is -0.139. The van der Waals surface area contributed by atoms with E-state index in [2.05, 4.69) is 62.3 Å². The molecule has 0 saturated heterocycles. The van der Waals surface area contributed by atoms with Crippen LogP contribution >= 0.6 is 0 Å². The summed E-state index contributed by atoms with van der Waals surface area (Å²) in [6, 6.07) is 0. The second kappa shape index (κ2) is 22.8. The maximum absolute atomic E-state index is 10.3. The zero-order valence-electron chi connectivity index (χ0n) is 29.2. The fraction of sp³-hybridized carbons (Fsp3) is 0.909. The van der Waals surface area contributed by atoms with Crippen molar-refractivity contribution in [2.45, 2.75) is 135 Å². The Kier molecular flexibility index (Phi) is 25.6. The minimum atomic E-state index is -0.693. The van der Waals surface area contributed by atoms with E-state index in [1.807, 2.05) is 27.7 Å². The van der Waals surface area contributed by atoms with Crippen LogP contribution < -0.4 is 0 Å². The average Bonchev–Trinajstić information content (AvgIpc) is 2.71. The summed E-state index contributed by atoms with van der Waals surface area (Å²) in [4.78, 5) is 30.9. The zero-order chi connectivity index (χ0) is 34.5. The Morgan fingerprint density at radius 1 is 0.500 bits per heavy atom. The van der Waals surface area contributed by atoms with E-state index in [0.29, 0.717) is 6.42 Å². The van der Waals surface area contributed by atoms with E-state index in [-0.39, 0.29) is 73.1 Å². The summed E-state index contributed by atoms with van der Waals surface area (Å²) in [6.07, 6.45) is 4.38. The quantitative estimate of drug-likeness (QED) is 0.129. The van der Waals surface area contributed by atoms with Crippen LogP contribution in [0.2, 0.25) is 0 Å². The molecule has 0 amide bonds. The van der Waals surface area contributed by atoms with E-state index in [1.54, 1.807) is 0 Å². The number of aliphatic hydroxyl groups excluding tert-OH is 3. The molecule has 0 aromatic heterocycles. The van der Waals surface area contributed by atoms with Gasteiger partial charge in [0.1, 0.15) is 0 Å². The van der Waals surface area contributed by atoms with Crippen molar-refractivity contribution in [1.82, 2.24) is 0 Å². The first-order valence-corrected chi connectivity index (χ1v) is 15.2. The third kappa shape index (κ3) is 38.3. The first-order valence-electron chi connectivity index (χ1n) is 15.2. The molecule has 0 heterocycles. The molecule has 0 rings (SSSR count). The maximum Gasteiger partial charge on any atom is 0.303 e. The molecule has 0 radical (unpaired) electrons. The molecule has 0 fully saturated rings. The molecule has 0 spiro atoms. The van der Waals surface area contributed by atoms with Gasteiger partial charge in [-0.1, -0.05) is 90.0 Å². The van der Waals surface area contributed by atoms with Crippen LogP contribution in [0.4, 0.5) is 0 Å². The summed E-state index contributed by atoms with van der Waals surface area (Å²) in [6.45, 7) is 26.5. The molecule has 0 aromatic carbocycles. The van der Waals surface area contributed by atoms with Crippen LogP contribution in [0.25, 0.3) is 0 Å². The van der Waals surface area contributed by atoms with Crippen molar-refractivity contribution in [2.75, 3.05) is 19.8 Å². The number of carboxylic acids is 3. The SMILES string of the molecule is CC(CC(=O)O)CC(C)(C)C.CC(CC(=O)O)CC(C)(C)C.CC(CC(=O)O)CC(C)(C)C.CCC(CO)(CO)CO. The van der Waals surface area contributed by atoms with E-state index in [4.69, 9.17) is 30.6 Å². The molecule has 0 bridgehead atoms. The predicted octanol–water partition coefficient (Wildman–Crippen LogP) is 6.96. The van der Waals surface area contributed by atoms with E-state index >= 15 is 0 Å². The van der Waals surface area contributed by atoms with Crippen molar-refractivity contribution in [3.8, 4) is 0 Å². The Bertz CT molecular complexity index is 610. The fourth-order valence-electron chi connectivity index (χ4n) is 4.73. The lowest BCUT2D eigenvalue weighted by Crippen LogP contribution is -2.32. The Morgan fingerprint density at radius 2 is 0.690 bits per heavy atom. The highest BCUT2D eigenvalue weighted by Gasteiger charge is 2.25. The van der Waals surface area contributed by atoms with Gasteiger partial charge in [0.25, 0.3) is 0 Å². The second-order valence-electron chi connectivity index (χ2n) is 15.7. The lowest BCUT2D eigenvalue weighted by atomic mass is 9.84. The van der Waals surface area contributed by atoms with E-state index < -0.39 is 23.3 Å². The number of aliphatic hydroxyl groups is 3. The molecule has 3 unspecified atom stereocenters. The average molecular weight is 609 g/mol. The minimum Gasteiger partial charge on any atom is -0.481 e. The minimum absolute atomic E-state index is 0.156. The monoisotopic (exact) mass is 608 g/mol. The van der Waals surface area contributed by atoms with Gasteiger partial charge < -0.3 is 30.6 Å². The van der Waals surface area contributed by atoms with Gasteiger partial charge in [-0.15, -0.1) is 0 Å². The largest absolute Gasteiger partial charge is 0.481 e. The molecule has 9 nitrogen and oxygen atoms in total. The van der Waals surface area contributed by atoms with Gasteiger partial charge in [0.2, 0.25) is 0 Å². The van der Waals surface area contributed by atoms with Crippen molar-refractivity contribution in [1.29, 1.82) is 0 Å². The highest BCUT2D eigenvalue weighted by Crippen LogP contribution is 2.27. The van der Waals surface area contributed by atoms with Crippen LogP contribution in [0.15, 0.2) is 0 Å². The number of rotatable bonds is 13. The molecule has 9 heteroatoms. The standard InChI is InChI=1S/3C9H18O2.C6H14O3/c3*1-7(5-8(10)11)6-9(2,3)4;1-2-6(3-7,4-8)5-9/h3*7H,5-6H2,1-4H3,(H,10,11);7-9H,2-5H2,1H3. The van der Waals surface area contributed by atoms with Crippen molar-refractivity contribution in [3.63, 3.8) is 0 Å². The normalized spacial score (nSPS) is 14.0. The maximum atomic E-state index is 10.3. The predicted molar refractivity (Wildman–Crippen MR) is 170 cm³/mol. The van der Waals surface area contributed by atoms with Crippen molar-refractivity contribution < 1.29 is 45.0 Å². The highest BCUT2D eigenvalue weighted by molar-refractivity contribution is 5.67. The molecule has 0 aliphatic rings. The van der Waals surface area contributed by atoms with Gasteiger partial charge in [0, 0.05) is 24.7 Å². The van der Waals surface area contributed by atoms with Crippen LogP contribution in [-0.2, 0) is 14.4 Å². The first-order chi connectivity index (χ1) is 18.7. The molecule has 0 aliphatic heterocycles. The van der Waals surface area contributed by atoms with Crippen molar-refractivity contribution in [3.05, 3.63) is 0 Å². The second-order valence-corrected chi connectivity index (χ2v) is 15.7. The molecule has 3 atom stereocenters. The summed E-state index contributed by atoms with van der Waals surface area (Å²) in [5, 5.41) is 51.4. The van der Waals surface area contributed by atoms with Crippen LogP contribution in [-0.4, -0.2) is 68.4 Å². The van der Waals surface area contributed by atoms with Gasteiger partial charge >= 0.3 is 17.9 Å². The first kappa shape index (κ1) is 47.2. The van der Waals surface area contributed by atoms with Gasteiger partial charge in [-0.3, -0.25) is 14.4 Å². The van der Waals surface area contributed by atoms with Crippen molar-refractivity contribution in [2.24, 2.45) is 39.4 Å². The van der Waals surface area contributed by atoms with E-state index in [0.717, 1.165) is 19.3 Å². The smallest absolute Gasteiger partial charge is 0.303 e. The molecule has 0 saturated carbocycles. The number of hydrogen-bond donors (Lipinski definition) is 6. The summed E-state index contributed by atoms with van der Waals surface area (Å²) < 4.78 is 0. The number of carboxylic acid groups (broad SMARTS) is 3. The number of hydrogen-bond acceptors (Lipinski definition) is 6. The Hall–Kier alpha value is -1.71. The van der Waals surface area contributed by atoms with Gasteiger partial charge in [-0.2, -0.15) is 0 Å². The summed E-state index contributed by atoms with van der Waals surface area (Å²) >= 11 is 0. The molecule has 0 aromatic rings. The molecule has 6 N–H and O–H groups in total. The van der Waals surface area contributed by atoms with Gasteiger partial charge in [0.05, 0.1) is 19.8 Å². The van der Waals surface area contributed by atoms with E-state index in [9.17, 15) is 14.4 Å². The highest BCUT2D eigenvalue weighted by atomic mass is 16.4. The topological polar surface area (TPSA) is 173 Å². The fourth-order valence-corrected chi connectivity index (χ4v) is 4.73. The van der Waals surface area contributed by atoms with Crippen molar-refractivity contribution >= 4 is 17.9 Å². The van der Waals surface area contributed by atoms with E-state index in [1.165, 1.54) is 0 Å². The summed E-state index contributed by atoms with van der Waals surface area (Å²) in [5.41, 5.74) is 0.0681. The van der Waals surface area contributed by atoms with Gasteiger partial charge in [0.15, 0.2) is 0 Å². The molecule has 254 valence electrons. The van der Waals surface area contributed by atoms with Gasteiger partial charge in [-0.05, 0) is 59.7 Å². The molecular formula is C33H68O9. The van der Waals surface area contributed by atoms with Gasteiger partial charge in [-0.25, -0.2) is 0 Å². The number of aliphatic carboxylic acids is 3. The molecular weight excluding hydrogens is 540 g/mol. The zero-order valence-corrected chi connectivity index (χ0v) is 29.2.